The Morgan fingerprint density at radius 1 is 1.24 bits per heavy atom. The molecule has 1 saturated carbocycles. The van der Waals surface area contributed by atoms with Crippen molar-refractivity contribution in [2.75, 3.05) is 0 Å². The second-order valence-electron chi connectivity index (χ2n) is 6.74. The van der Waals surface area contributed by atoms with Gasteiger partial charge in [0.05, 0.1) is 11.3 Å². The van der Waals surface area contributed by atoms with Gasteiger partial charge in [-0.15, -0.1) is 0 Å². The van der Waals surface area contributed by atoms with Crippen LogP contribution in [-0.4, -0.2) is 27.1 Å². The summed E-state index contributed by atoms with van der Waals surface area (Å²) in [5.74, 6) is 0.130. The van der Waals surface area contributed by atoms with Crippen LogP contribution < -0.4 is 5.32 Å². The van der Waals surface area contributed by atoms with Gasteiger partial charge in [-0.25, -0.2) is 4.98 Å². The predicted octanol–water partition coefficient (Wildman–Crippen LogP) is 4.34. The van der Waals surface area contributed by atoms with Gasteiger partial charge in [-0.1, -0.05) is 0 Å². The van der Waals surface area contributed by atoms with Crippen molar-refractivity contribution in [2.45, 2.75) is 38.0 Å². The molecule has 2 heterocycles. The number of carbonyl (C=O) groups is 1. The first-order valence-electron chi connectivity index (χ1n) is 8.53. The zero-order valence-electron chi connectivity index (χ0n) is 15.3. The van der Waals surface area contributed by atoms with E-state index in [2.05, 4.69) is 9.97 Å². The molecule has 0 aromatic carbocycles. The maximum absolute atomic E-state index is 13.1. The smallest absolute Gasteiger partial charge is 0.329 e. The molecule has 1 fully saturated rings. The van der Waals surface area contributed by atoms with Crippen molar-refractivity contribution in [2.24, 2.45) is 7.05 Å². The second-order valence-corrected chi connectivity index (χ2v) is 6.74. The monoisotopic (exact) mass is 418 g/mol. The number of aromatic nitrogens is 3. The SMILES string of the molecule is Cc1cc(C(F)(F)F)cnc1-c1nc(/C=C(\NC=O)C(F)(F)F)c(C2CC2)n1C. The maximum Gasteiger partial charge on any atom is 0.431 e. The molecule has 29 heavy (non-hydrogen) atoms. The molecular formula is C18H16F6N4O. The quantitative estimate of drug-likeness (QED) is 0.581. The Balaban J connectivity index is 2.14. The second kappa shape index (κ2) is 7.20. The Kier molecular flexibility index (Phi) is 5.18. The standard InChI is InChI=1S/C18H16F6N4O/c1-9-5-11(17(19,20)21)7-25-14(9)16-27-12(15(28(16)2)10-3-4-10)6-13(26-8-29)18(22,23)24/h5-8,10H,3-4H2,1-2H3,(H,26,29)/b13-6-. The molecule has 0 saturated heterocycles. The molecule has 2 aromatic heterocycles. The molecule has 0 atom stereocenters. The molecule has 11 heteroatoms. The highest BCUT2D eigenvalue weighted by Gasteiger charge is 2.37. The van der Waals surface area contributed by atoms with E-state index in [9.17, 15) is 31.1 Å². The third kappa shape index (κ3) is 4.28. The summed E-state index contributed by atoms with van der Waals surface area (Å²) in [6.45, 7) is 1.42. The number of imidazole rings is 1. The maximum atomic E-state index is 13.1. The number of amides is 1. The molecule has 2 aromatic rings. The third-order valence-electron chi connectivity index (χ3n) is 4.55. The van der Waals surface area contributed by atoms with E-state index in [1.807, 2.05) is 0 Å². The van der Waals surface area contributed by atoms with Crippen molar-refractivity contribution in [3.8, 4) is 11.5 Å². The molecule has 0 bridgehead atoms. The number of nitrogens with zero attached hydrogens (tertiary/aromatic N) is 3. The fourth-order valence-corrected chi connectivity index (χ4v) is 3.06. The molecule has 1 amide bonds. The van der Waals surface area contributed by atoms with Gasteiger partial charge in [-0.3, -0.25) is 9.78 Å². The number of alkyl halides is 6. The van der Waals surface area contributed by atoms with E-state index in [1.54, 1.807) is 16.9 Å². The summed E-state index contributed by atoms with van der Waals surface area (Å²) >= 11 is 0. The summed E-state index contributed by atoms with van der Waals surface area (Å²) < 4.78 is 79.6. The van der Waals surface area contributed by atoms with Crippen LogP contribution in [0.5, 0.6) is 0 Å². The summed E-state index contributed by atoms with van der Waals surface area (Å²) in [6.07, 6.45) is -6.55. The normalized spacial score (nSPS) is 15.5. The highest BCUT2D eigenvalue weighted by Crippen LogP contribution is 2.44. The van der Waals surface area contributed by atoms with Crippen LogP contribution in [0, 0.1) is 6.92 Å². The minimum Gasteiger partial charge on any atom is -0.329 e. The van der Waals surface area contributed by atoms with E-state index in [1.165, 1.54) is 6.92 Å². The lowest BCUT2D eigenvalue weighted by molar-refractivity contribution is -0.137. The first-order chi connectivity index (χ1) is 13.4. The number of rotatable bonds is 5. The van der Waals surface area contributed by atoms with E-state index in [0.29, 0.717) is 11.9 Å². The van der Waals surface area contributed by atoms with Gasteiger partial charge < -0.3 is 9.88 Å². The van der Waals surface area contributed by atoms with E-state index >= 15 is 0 Å². The number of carbonyl (C=O) groups excluding carboxylic acids is 1. The zero-order valence-corrected chi connectivity index (χ0v) is 15.3. The van der Waals surface area contributed by atoms with Gasteiger partial charge in [0.15, 0.2) is 5.82 Å². The lowest BCUT2D eigenvalue weighted by atomic mass is 10.1. The van der Waals surface area contributed by atoms with Crippen molar-refractivity contribution >= 4 is 12.5 Å². The minimum atomic E-state index is -4.80. The number of hydrogen-bond donors (Lipinski definition) is 1. The zero-order chi connectivity index (χ0) is 21.6. The third-order valence-corrected chi connectivity index (χ3v) is 4.55. The van der Waals surface area contributed by atoms with Crippen molar-refractivity contribution in [3.05, 3.63) is 40.5 Å². The van der Waals surface area contributed by atoms with E-state index < -0.39 is 23.6 Å². The number of hydrogen-bond acceptors (Lipinski definition) is 3. The van der Waals surface area contributed by atoms with Crippen LogP contribution in [0.3, 0.4) is 0 Å². The first kappa shape index (κ1) is 20.9. The molecule has 0 radical (unpaired) electrons. The Morgan fingerprint density at radius 2 is 1.90 bits per heavy atom. The highest BCUT2D eigenvalue weighted by molar-refractivity contribution is 5.65. The van der Waals surface area contributed by atoms with Crippen molar-refractivity contribution in [1.29, 1.82) is 0 Å². The largest absolute Gasteiger partial charge is 0.431 e. The summed E-state index contributed by atoms with van der Waals surface area (Å²) in [4.78, 5) is 18.6. The van der Waals surface area contributed by atoms with Gasteiger partial charge in [0.25, 0.3) is 0 Å². The molecule has 3 rings (SSSR count). The van der Waals surface area contributed by atoms with Crippen molar-refractivity contribution < 1.29 is 31.1 Å². The van der Waals surface area contributed by atoms with E-state index in [-0.39, 0.29) is 35.1 Å². The van der Waals surface area contributed by atoms with Gasteiger partial charge in [0.1, 0.15) is 11.4 Å². The topological polar surface area (TPSA) is 59.8 Å². The van der Waals surface area contributed by atoms with Crippen LogP contribution in [0.25, 0.3) is 17.6 Å². The van der Waals surface area contributed by atoms with Gasteiger partial charge in [-0.05, 0) is 37.5 Å². The predicted molar refractivity (Wildman–Crippen MR) is 91.4 cm³/mol. The molecule has 156 valence electrons. The van der Waals surface area contributed by atoms with Crippen LogP contribution in [0.15, 0.2) is 18.0 Å². The first-order valence-corrected chi connectivity index (χ1v) is 8.53. The Labute approximate surface area is 161 Å². The fourth-order valence-electron chi connectivity index (χ4n) is 3.06. The minimum absolute atomic E-state index is 0.00669. The lowest BCUT2D eigenvalue weighted by Gasteiger charge is -2.11. The van der Waals surface area contributed by atoms with Gasteiger partial charge in [0, 0.05) is 24.9 Å². The summed E-state index contributed by atoms with van der Waals surface area (Å²) in [7, 11) is 1.58. The summed E-state index contributed by atoms with van der Waals surface area (Å²) in [6, 6.07) is 0.915. The van der Waals surface area contributed by atoms with Crippen LogP contribution in [0.2, 0.25) is 0 Å². The van der Waals surface area contributed by atoms with Crippen LogP contribution in [0.1, 0.15) is 41.3 Å². The Hall–Kier alpha value is -2.85. The van der Waals surface area contributed by atoms with Gasteiger partial charge in [0.2, 0.25) is 6.41 Å². The molecule has 0 unspecified atom stereocenters. The van der Waals surface area contributed by atoms with Gasteiger partial charge in [-0.2, -0.15) is 26.3 Å². The average Bonchev–Trinajstić information content (AvgIpc) is 3.37. The number of allylic oxidation sites excluding steroid dienone is 1. The summed E-state index contributed by atoms with van der Waals surface area (Å²) in [5.41, 5.74) is -1.38. The van der Waals surface area contributed by atoms with Crippen molar-refractivity contribution in [1.82, 2.24) is 19.9 Å². The van der Waals surface area contributed by atoms with E-state index in [4.69, 9.17) is 0 Å². The van der Waals surface area contributed by atoms with Crippen LogP contribution in [-0.2, 0) is 18.0 Å². The highest BCUT2D eigenvalue weighted by atomic mass is 19.4. The molecular weight excluding hydrogens is 402 g/mol. The van der Waals surface area contributed by atoms with Crippen LogP contribution >= 0.6 is 0 Å². The number of aryl methyl sites for hydroxylation is 1. The Morgan fingerprint density at radius 3 is 2.38 bits per heavy atom. The lowest BCUT2D eigenvalue weighted by Crippen LogP contribution is -2.25. The number of pyridine rings is 1. The Bertz CT molecular complexity index is 970. The molecule has 5 nitrogen and oxygen atoms in total. The van der Waals surface area contributed by atoms with Gasteiger partial charge >= 0.3 is 12.4 Å². The fraction of sp³-hybridized carbons (Fsp3) is 0.389. The summed E-state index contributed by atoms with van der Waals surface area (Å²) in [5, 5.41) is 1.63. The molecule has 0 aliphatic heterocycles. The number of nitrogens with one attached hydrogen (secondary N) is 1. The van der Waals surface area contributed by atoms with E-state index in [0.717, 1.165) is 25.0 Å². The average molecular weight is 418 g/mol. The molecule has 1 aliphatic carbocycles. The van der Waals surface area contributed by atoms with Crippen LogP contribution in [0.4, 0.5) is 26.3 Å². The molecule has 1 aliphatic rings. The number of halogens is 6. The van der Waals surface area contributed by atoms with Crippen molar-refractivity contribution in [3.63, 3.8) is 0 Å². The molecule has 1 N–H and O–H groups in total. The molecule has 0 spiro atoms.